The first-order valence-corrected chi connectivity index (χ1v) is 5.66. The van der Waals surface area contributed by atoms with Gasteiger partial charge >= 0.3 is 0 Å². The molecular weight excluding hydrogens is 176 g/mol. The molecule has 0 aromatic heterocycles. The molecule has 2 aliphatic carbocycles. The third-order valence-electron chi connectivity index (χ3n) is 3.72. The fourth-order valence-electron chi connectivity index (χ4n) is 2.49. The standard InChI is InChI=1S/C11H20N2O/c1-11(6-7-11)8-9-4-2-3-5-10(9)13-14-12/h9H,2-8,12H2,1H3/b13-10+. The Balaban J connectivity index is 1.95. The molecule has 0 aliphatic heterocycles. The van der Waals surface area contributed by atoms with Crippen LogP contribution < -0.4 is 5.90 Å². The maximum atomic E-state index is 5.01. The van der Waals surface area contributed by atoms with Crippen LogP contribution in [0.1, 0.15) is 51.9 Å². The number of rotatable bonds is 3. The van der Waals surface area contributed by atoms with Crippen LogP contribution in [-0.2, 0) is 4.94 Å². The van der Waals surface area contributed by atoms with E-state index < -0.39 is 0 Å². The molecule has 1 unspecified atom stereocenters. The Labute approximate surface area is 85.6 Å². The first kappa shape index (κ1) is 9.97. The minimum Gasteiger partial charge on any atom is -0.303 e. The highest BCUT2D eigenvalue weighted by Crippen LogP contribution is 2.51. The highest BCUT2D eigenvalue weighted by Gasteiger charge is 2.40. The SMILES string of the molecule is CC1(CC2CCCC/C2=N\ON)CC1. The summed E-state index contributed by atoms with van der Waals surface area (Å²) in [5.41, 5.74) is 1.81. The number of hydrogen-bond acceptors (Lipinski definition) is 3. The van der Waals surface area contributed by atoms with Gasteiger partial charge in [-0.25, -0.2) is 0 Å². The molecule has 0 bridgehead atoms. The molecule has 3 heteroatoms. The zero-order chi connectivity index (χ0) is 10.0. The lowest BCUT2D eigenvalue weighted by Crippen LogP contribution is -2.22. The lowest BCUT2D eigenvalue weighted by Gasteiger charge is -2.25. The summed E-state index contributed by atoms with van der Waals surface area (Å²) in [5.74, 6) is 5.65. The van der Waals surface area contributed by atoms with E-state index in [1.54, 1.807) is 0 Å². The number of hydrogen-bond donors (Lipinski definition) is 1. The summed E-state index contributed by atoms with van der Waals surface area (Å²) in [4.78, 5) is 4.43. The second-order valence-electron chi connectivity index (χ2n) is 5.15. The van der Waals surface area contributed by atoms with Crippen LogP contribution in [-0.4, -0.2) is 5.71 Å². The summed E-state index contributed by atoms with van der Waals surface area (Å²) < 4.78 is 0. The summed E-state index contributed by atoms with van der Waals surface area (Å²) in [6, 6.07) is 0. The van der Waals surface area contributed by atoms with Crippen LogP contribution in [0, 0.1) is 11.3 Å². The Morgan fingerprint density at radius 1 is 1.50 bits per heavy atom. The van der Waals surface area contributed by atoms with Gasteiger partial charge in [0.15, 0.2) is 0 Å². The predicted molar refractivity (Wildman–Crippen MR) is 56.6 cm³/mol. The highest BCUT2D eigenvalue weighted by molar-refractivity contribution is 5.87. The minimum atomic E-state index is 0.609. The third-order valence-corrected chi connectivity index (χ3v) is 3.72. The summed E-state index contributed by atoms with van der Waals surface area (Å²) >= 11 is 0. The molecule has 0 aromatic carbocycles. The molecule has 80 valence electrons. The molecule has 0 saturated heterocycles. The Hall–Kier alpha value is -0.570. The van der Waals surface area contributed by atoms with E-state index in [0.29, 0.717) is 11.3 Å². The van der Waals surface area contributed by atoms with Gasteiger partial charge in [-0.3, -0.25) is 0 Å². The molecule has 0 spiro atoms. The van der Waals surface area contributed by atoms with Gasteiger partial charge in [-0.2, -0.15) is 0 Å². The Morgan fingerprint density at radius 2 is 2.29 bits per heavy atom. The third kappa shape index (κ3) is 2.27. The molecule has 2 N–H and O–H groups in total. The molecule has 0 heterocycles. The van der Waals surface area contributed by atoms with Gasteiger partial charge in [0.1, 0.15) is 0 Å². The van der Waals surface area contributed by atoms with Gasteiger partial charge in [0.2, 0.25) is 0 Å². The van der Waals surface area contributed by atoms with E-state index in [-0.39, 0.29) is 0 Å². The number of nitrogens with zero attached hydrogens (tertiary/aromatic N) is 1. The first-order chi connectivity index (χ1) is 6.73. The van der Waals surface area contributed by atoms with Gasteiger partial charge in [-0.05, 0) is 43.9 Å². The molecule has 2 saturated carbocycles. The van der Waals surface area contributed by atoms with Crippen molar-refractivity contribution in [1.29, 1.82) is 0 Å². The van der Waals surface area contributed by atoms with E-state index in [2.05, 4.69) is 17.0 Å². The largest absolute Gasteiger partial charge is 0.303 e. The Kier molecular flexibility index (Phi) is 2.77. The number of oxime groups is 1. The molecular formula is C11H20N2O. The lowest BCUT2D eigenvalue weighted by atomic mass is 9.80. The van der Waals surface area contributed by atoms with E-state index in [1.807, 2.05) is 0 Å². The summed E-state index contributed by atoms with van der Waals surface area (Å²) in [6.07, 6.45) is 9.01. The van der Waals surface area contributed by atoms with Gasteiger partial charge in [-0.1, -0.05) is 18.5 Å². The van der Waals surface area contributed by atoms with Crippen molar-refractivity contribution in [3.63, 3.8) is 0 Å². The Bertz CT molecular complexity index is 233. The average Bonchev–Trinajstić information content (AvgIpc) is 2.88. The zero-order valence-electron chi connectivity index (χ0n) is 8.96. The van der Waals surface area contributed by atoms with Crippen molar-refractivity contribution in [3.05, 3.63) is 0 Å². The van der Waals surface area contributed by atoms with Crippen molar-refractivity contribution in [2.75, 3.05) is 0 Å². The highest BCUT2D eigenvalue weighted by atomic mass is 16.7. The molecule has 2 fully saturated rings. The maximum absolute atomic E-state index is 5.01. The van der Waals surface area contributed by atoms with Gasteiger partial charge in [0.05, 0.1) is 5.71 Å². The summed E-state index contributed by atoms with van der Waals surface area (Å²) in [6.45, 7) is 2.38. The van der Waals surface area contributed by atoms with Gasteiger partial charge in [-0.15, -0.1) is 5.90 Å². The van der Waals surface area contributed by atoms with Crippen LogP contribution in [0.25, 0.3) is 0 Å². The van der Waals surface area contributed by atoms with Crippen molar-refractivity contribution >= 4 is 5.71 Å². The van der Waals surface area contributed by atoms with E-state index in [1.165, 1.54) is 44.2 Å². The topological polar surface area (TPSA) is 47.6 Å². The van der Waals surface area contributed by atoms with Crippen LogP contribution >= 0.6 is 0 Å². The minimum absolute atomic E-state index is 0.609. The summed E-state index contributed by atoms with van der Waals surface area (Å²) in [7, 11) is 0. The first-order valence-electron chi connectivity index (χ1n) is 5.66. The normalized spacial score (nSPS) is 33.0. The molecule has 0 radical (unpaired) electrons. The van der Waals surface area contributed by atoms with E-state index in [4.69, 9.17) is 5.90 Å². The molecule has 2 rings (SSSR count). The molecule has 0 amide bonds. The van der Waals surface area contributed by atoms with Crippen LogP contribution in [0.5, 0.6) is 0 Å². The average molecular weight is 196 g/mol. The van der Waals surface area contributed by atoms with Gasteiger partial charge in [0, 0.05) is 5.92 Å². The summed E-state index contributed by atoms with van der Waals surface area (Å²) in [5, 5.41) is 3.97. The molecule has 14 heavy (non-hydrogen) atoms. The smallest absolute Gasteiger partial charge is 0.0628 e. The second-order valence-corrected chi connectivity index (χ2v) is 5.15. The van der Waals surface area contributed by atoms with Gasteiger partial charge in [0.25, 0.3) is 0 Å². The zero-order valence-corrected chi connectivity index (χ0v) is 8.96. The van der Waals surface area contributed by atoms with Crippen molar-refractivity contribution in [1.82, 2.24) is 0 Å². The lowest BCUT2D eigenvalue weighted by molar-refractivity contribution is 0.144. The molecule has 0 aromatic rings. The van der Waals surface area contributed by atoms with Crippen molar-refractivity contribution in [2.45, 2.75) is 51.9 Å². The molecule has 1 atom stereocenters. The van der Waals surface area contributed by atoms with Crippen molar-refractivity contribution in [2.24, 2.45) is 22.4 Å². The number of nitrogens with two attached hydrogens (primary N) is 1. The predicted octanol–water partition coefficient (Wildman–Crippen LogP) is 2.61. The fraction of sp³-hybridized carbons (Fsp3) is 0.909. The quantitative estimate of drug-likeness (QED) is 0.705. The second kappa shape index (κ2) is 3.89. The van der Waals surface area contributed by atoms with E-state index >= 15 is 0 Å². The van der Waals surface area contributed by atoms with E-state index in [9.17, 15) is 0 Å². The fourth-order valence-corrected chi connectivity index (χ4v) is 2.49. The van der Waals surface area contributed by atoms with E-state index in [0.717, 1.165) is 6.42 Å². The van der Waals surface area contributed by atoms with Crippen LogP contribution in [0.3, 0.4) is 0 Å². The van der Waals surface area contributed by atoms with Crippen molar-refractivity contribution in [3.8, 4) is 0 Å². The monoisotopic (exact) mass is 196 g/mol. The molecule has 2 aliphatic rings. The maximum Gasteiger partial charge on any atom is 0.0628 e. The van der Waals surface area contributed by atoms with Crippen LogP contribution in [0.15, 0.2) is 5.16 Å². The van der Waals surface area contributed by atoms with Crippen LogP contribution in [0.2, 0.25) is 0 Å². The van der Waals surface area contributed by atoms with Gasteiger partial charge < -0.3 is 4.94 Å². The Morgan fingerprint density at radius 3 is 2.93 bits per heavy atom. The van der Waals surface area contributed by atoms with Crippen molar-refractivity contribution < 1.29 is 4.94 Å². The van der Waals surface area contributed by atoms with Crippen LogP contribution in [0.4, 0.5) is 0 Å². The molecule has 3 nitrogen and oxygen atoms in total.